The van der Waals surface area contributed by atoms with E-state index < -0.39 is 24.1 Å². The first kappa shape index (κ1) is 24.2. The molecule has 0 aliphatic carbocycles. The number of rotatable bonds is 7. The Morgan fingerprint density at radius 1 is 1.03 bits per heavy atom. The zero-order valence-corrected chi connectivity index (χ0v) is 18.5. The highest BCUT2D eigenvalue weighted by atomic mass is 32.1. The van der Waals surface area contributed by atoms with Crippen LogP contribution in [0.25, 0.3) is 10.8 Å². The van der Waals surface area contributed by atoms with E-state index in [-0.39, 0.29) is 18.1 Å². The van der Waals surface area contributed by atoms with Gasteiger partial charge < -0.3 is 14.2 Å². The Balaban J connectivity index is 0.000000244. The van der Waals surface area contributed by atoms with Crippen LogP contribution in [0, 0.1) is 6.92 Å². The zero-order chi connectivity index (χ0) is 22.4. The van der Waals surface area contributed by atoms with Crippen LogP contribution < -0.4 is 0 Å². The summed E-state index contributed by atoms with van der Waals surface area (Å²) in [6.45, 7) is 4.56. The highest BCUT2D eigenvalue weighted by Gasteiger charge is 2.55. The van der Waals surface area contributed by atoms with Crippen molar-refractivity contribution in [1.29, 1.82) is 0 Å². The minimum Gasteiger partial charge on any atom is -0.477 e. The van der Waals surface area contributed by atoms with Gasteiger partial charge in [0.15, 0.2) is 0 Å². The van der Waals surface area contributed by atoms with Crippen LogP contribution in [0.4, 0.5) is 8.78 Å². The zero-order valence-electron chi connectivity index (χ0n) is 16.8. The number of hydrogen-bond acceptors (Lipinski definition) is 5. The summed E-state index contributed by atoms with van der Waals surface area (Å²) in [5.74, 6) is -1.32. The van der Waals surface area contributed by atoms with Crippen LogP contribution in [-0.4, -0.2) is 24.3 Å². The number of hydrogen-bond donors (Lipinski definition) is 1. The molecule has 0 fully saturated rings. The fraction of sp³-hybridized carbons (Fsp3) is 0.286. The van der Waals surface area contributed by atoms with Gasteiger partial charge in [-0.15, -0.1) is 11.3 Å². The SMILES string of the molecule is CCOP(=O)(OCC)C(F)(F)c1ccc(C(=O)O)s1.Cc1cccc2ccccc12. The Morgan fingerprint density at radius 3 is 2.17 bits per heavy atom. The van der Waals surface area contributed by atoms with Crippen LogP contribution in [0.3, 0.4) is 0 Å². The second-order valence-electron chi connectivity index (χ2n) is 6.14. The molecule has 3 aromatic rings. The number of aromatic carboxylic acids is 1. The number of fused-ring (bicyclic) bond motifs is 1. The lowest BCUT2D eigenvalue weighted by molar-refractivity contribution is 0.0391. The molecule has 3 rings (SSSR count). The molecule has 0 spiro atoms. The predicted octanol–water partition coefficient (Wildman–Crippen LogP) is 6.91. The van der Waals surface area contributed by atoms with Crippen LogP contribution in [0.1, 0.15) is 34.0 Å². The molecule has 0 bridgehead atoms. The molecule has 0 aliphatic rings. The molecule has 5 nitrogen and oxygen atoms in total. The van der Waals surface area contributed by atoms with Gasteiger partial charge in [0.05, 0.1) is 18.1 Å². The smallest absolute Gasteiger partial charge is 0.405 e. The second kappa shape index (κ2) is 10.3. The molecule has 0 amide bonds. The summed E-state index contributed by atoms with van der Waals surface area (Å²) in [5, 5.41) is 11.4. The Bertz CT molecular complexity index is 1040. The Morgan fingerprint density at radius 2 is 1.63 bits per heavy atom. The van der Waals surface area contributed by atoms with Gasteiger partial charge in [0.1, 0.15) is 4.88 Å². The number of carboxylic acids is 1. The molecule has 9 heteroatoms. The number of alkyl halides is 2. The van der Waals surface area contributed by atoms with E-state index in [1.807, 2.05) is 0 Å². The van der Waals surface area contributed by atoms with Crippen molar-refractivity contribution in [1.82, 2.24) is 0 Å². The average Bonchev–Trinajstić information content (AvgIpc) is 3.21. The van der Waals surface area contributed by atoms with E-state index in [2.05, 4.69) is 58.4 Å². The van der Waals surface area contributed by atoms with Crippen molar-refractivity contribution in [3.63, 3.8) is 0 Å². The number of carboxylic acid groups (broad SMARTS) is 1. The van der Waals surface area contributed by atoms with Crippen molar-refractivity contribution in [2.75, 3.05) is 13.2 Å². The van der Waals surface area contributed by atoms with E-state index in [9.17, 15) is 18.1 Å². The summed E-state index contributed by atoms with van der Waals surface area (Å²) in [7, 11) is -4.68. The molecular formula is C21H23F2O5PS. The van der Waals surface area contributed by atoms with Crippen molar-refractivity contribution in [3.05, 3.63) is 69.9 Å². The number of halogens is 2. The third kappa shape index (κ3) is 5.32. The van der Waals surface area contributed by atoms with E-state index in [4.69, 9.17) is 5.11 Å². The summed E-state index contributed by atoms with van der Waals surface area (Å²) < 4.78 is 49.6. The van der Waals surface area contributed by atoms with Crippen molar-refractivity contribution in [3.8, 4) is 0 Å². The van der Waals surface area contributed by atoms with Gasteiger partial charge in [-0.05, 0) is 49.2 Å². The molecule has 1 aromatic heterocycles. The summed E-state index contributed by atoms with van der Waals surface area (Å²) in [4.78, 5) is 9.75. The topological polar surface area (TPSA) is 72.8 Å². The number of benzene rings is 2. The molecule has 0 unspecified atom stereocenters. The lowest BCUT2D eigenvalue weighted by Gasteiger charge is -2.24. The molecule has 0 atom stereocenters. The quantitative estimate of drug-likeness (QED) is 0.391. The van der Waals surface area contributed by atoms with Gasteiger partial charge in [-0.3, -0.25) is 4.57 Å². The molecule has 1 heterocycles. The van der Waals surface area contributed by atoms with Crippen molar-refractivity contribution in [2.45, 2.75) is 26.4 Å². The highest BCUT2D eigenvalue weighted by molar-refractivity contribution is 7.55. The van der Waals surface area contributed by atoms with Gasteiger partial charge in [-0.1, -0.05) is 42.5 Å². The molecule has 1 N–H and O–H groups in total. The largest absolute Gasteiger partial charge is 0.477 e. The first-order valence-electron chi connectivity index (χ1n) is 9.21. The Hall–Kier alpha value is -2.12. The summed E-state index contributed by atoms with van der Waals surface area (Å²) in [5.41, 5.74) is -2.53. The van der Waals surface area contributed by atoms with Crippen molar-refractivity contribution in [2.24, 2.45) is 0 Å². The molecule has 0 aliphatic heterocycles. The second-order valence-corrected chi connectivity index (χ2v) is 9.30. The van der Waals surface area contributed by atoms with Gasteiger partial charge in [0.25, 0.3) is 0 Å². The first-order chi connectivity index (χ1) is 14.2. The van der Waals surface area contributed by atoms with Crippen LogP contribution in [0.15, 0.2) is 54.6 Å². The van der Waals surface area contributed by atoms with Gasteiger partial charge in [-0.2, -0.15) is 8.78 Å². The lowest BCUT2D eigenvalue weighted by atomic mass is 10.1. The molecular weight excluding hydrogens is 433 g/mol. The molecule has 0 saturated heterocycles. The lowest BCUT2D eigenvalue weighted by Crippen LogP contribution is -2.17. The van der Waals surface area contributed by atoms with Crippen LogP contribution >= 0.6 is 18.9 Å². The highest BCUT2D eigenvalue weighted by Crippen LogP contribution is 2.67. The molecule has 162 valence electrons. The van der Waals surface area contributed by atoms with E-state index in [0.29, 0.717) is 11.3 Å². The standard InChI is InChI=1S/C11H10.C10H13F2O5PS/c1-9-5-4-7-10-6-2-3-8-11(9)10;1-3-16-18(15,17-4-2)10(11,12)8-6-5-7(19-8)9(13)14/h2-8H,1H3;5-6H,3-4H2,1-2H3,(H,13,14). The number of aryl methyl sites for hydroxylation is 1. The third-order valence-electron chi connectivity index (χ3n) is 4.06. The van der Waals surface area contributed by atoms with E-state index >= 15 is 0 Å². The Labute approximate surface area is 177 Å². The van der Waals surface area contributed by atoms with Gasteiger partial charge >= 0.3 is 19.2 Å². The summed E-state index contributed by atoms with van der Waals surface area (Å²) in [6, 6.07) is 16.8. The minimum absolute atomic E-state index is 0.204. The van der Waals surface area contributed by atoms with E-state index in [0.717, 1.165) is 12.1 Å². The van der Waals surface area contributed by atoms with Gasteiger partial charge in [0, 0.05) is 0 Å². The molecule has 0 saturated carbocycles. The molecule has 30 heavy (non-hydrogen) atoms. The number of carbonyl (C=O) groups is 1. The Kier molecular flexibility index (Phi) is 8.26. The minimum atomic E-state index is -4.68. The van der Waals surface area contributed by atoms with Gasteiger partial charge in [-0.25, -0.2) is 4.79 Å². The summed E-state index contributed by atoms with van der Waals surface area (Å²) >= 11 is 0.345. The monoisotopic (exact) mass is 456 g/mol. The first-order valence-corrected chi connectivity index (χ1v) is 11.6. The average molecular weight is 456 g/mol. The van der Waals surface area contributed by atoms with Gasteiger partial charge in [0.2, 0.25) is 0 Å². The predicted molar refractivity (Wildman–Crippen MR) is 115 cm³/mol. The maximum atomic E-state index is 14.2. The molecule has 0 radical (unpaired) electrons. The van der Waals surface area contributed by atoms with Crippen LogP contribution in [0.5, 0.6) is 0 Å². The van der Waals surface area contributed by atoms with E-state index in [1.54, 1.807) is 0 Å². The maximum Gasteiger partial charge on any atom is 0.405 e. The van der Waals surface area contributed by atoms with E-state index in [1.165, 1.54) is 30.2 Å². The summed E-state index contributed by atoms with van der Waals surface area (Å²) in [6.07, 6.45) is 0. The van der Waals surface area contributed by atoms with Crippen LogP contribution in [-0.2, 0) is 19.3 Å². The fourth-order valence-electron chi connectivity index (χ4n) is 2.68. The molecule has 2 aromatic carbocycles. The van der Waals surface area contributed by atoms with Crippen LogP contribution in [0.2, 0.25) is 0 Å². The fourth-order valence-corrected chi connectivity index (χ4v) is 5.29. The van der Waals surface area contributed by atoms with Crippen molar-refractivity contribution >= 4 is 35.7 Å². The number of thiophene rings is 1. The third-order valence-corrected chi connectivity index (χ3v) is 7.48. The van der Waals surface area contributed by atoms with Crippen molar-refractivity contribution < 1.29 is 32.3 Å². The normalized spacial score (nSPS) is 11.8. The maximum absolute atomic E-state index is 14.2.